The lowest BCUT2D eigenvalue weighted by atomic mass is 9.96. The molecule has 0 saturated heterocycles. The molecule has 0 aliphatic heterocycles. The number of rotatable bonds is 3. The summed E-state index contributed by atoms with van der Waals surface area (Å²) >= 11 is 0. The number of hydrogen-bond donors (Lipinski definition) is 0. The predicted octanol–water partition coefficient (Wildman–Crippen LogP) is 2.46. The maximum atomic E-state index is 11.0. The molecule has 72 valence electrons. The third kappa shape index (κ3) is 3.05. The van der Waals surface area contributed by atoms with Crippen molar-refractivity contribution in [3.8, 4) is 0 Å². The fourth-order valence-electron chi connectivity index (χ4n) is 1.33. The lowest BCUT2D eigenvalue weighted by molar-refractivity contribution is -0.149. The molecule has 0 heterocycles. The van der Waals surface area contributed by atoms with E-state index < -0.39 is 0 Å². The molecule has 13 heavy (non-hydrogen) atoms. The lowest BCUT2D eigenvalue weighted by Crippen LogP contribution is -2.22. The first-order chi connectivity index (χ1) is 6.24. The zero-order chi connectivity index (χ0) is 9.68. The van der Waals surface area contributed by atoms with Gasteiger partial charge in [-0.25, -0.2) is 0 Å². The smallest absolute Gasteiger partial charge is 0.305 e. The van der Waals surface area contributed by atoms with Crippen LogP contribution in [-0.4, -0.2) is 12.1 Å². The summed E-state index contributed by atoms with van der Waals surface area (Å²) in [5, 5.41) is 0. The van der Waals surface area contributed by atoms with Gasteiger partial charge < -0.3 is 4.74 Å². The van der Waals surface area contributed by atoms with Crippen LogP contribution in [0.25, 0.3) is 0 Å². The molecular weight excluding hydrogens is 164 g/mol. The Labute approximate surface area is 79.3 Å². The topological polar surface area (TPSA) is 26.3 Å². The van der Waals surface area contributed by atoms with Crippen molar-refractivity contribution in [1.82, 2.24) is 0 Å². The van der Waals surface area contributed by atoms with Crippen LogP contribution in [0.4, 0.5) is 0 Å². The quantitative estimate of drug-likeness (QED) is 0.623. The second kappa shape index (κ2) is 4.85. The summed E-state index contributed by atoms with van der Waals surface area (Å²) < 4.78 is 5.21. The molecule has 0 saturated carbocycles. The summed E-state index contributed by atoms with van der Waals surface area (Å²) in [5.74, 6) is 0.232. The van der Waals surface area contributed by atoms with E-state index in [2.05, 4.69) is 12.2 Å². The monoisotopic (exact) mass is 180 g/mol. The molecule has 2 nitrogen and oxygen atoms in total. The van der Waals surface area contributed by atoms with Crippen molar-refractivity contribution in [2.75, 3.05) is 0 Å². The van der Waals surface area contributed by atoms with Crippen LogP contribution in [0.2, 0.25) is 0 Å². The zero-order valence-electron chi connectivity index (χ0n) is 8.19. The molecule has 1 aliphatic rings. The second-order valence-corrected chi connectivity index (χ2v) is 3.26. The average Bonchev–Trinajstić information content (AvgIpc) is 2.19. The SMILES string of the molecule is CCC(=O)OC(C)C1C=CC=CC1. The molecule has 0 amide bonds. The fraction of sp³-hybridized carbons (Fsp3) is 0.545. The van der Waals surface area contributed by atoms with E-state index in [4.69, 9.17) is 4.74 Å². The van der Waals surface area contributed by atoms with E-state index in [0.717, 1.165) is 6.42 Å². The molecule has 2 atom stereocenters. The zero-order valence-corrected chi connectivity index (χ0v) is 8.19. The first-order valence-corrected chi connectivity index (χ1v) is 4.77. The Hall–Kier alpha value is -1.05. The Kier molecular flexibility index (Phi) is 3.74. The van der Waals surface area contributed by atoms with Crippen LogP contribution in [0.3, 0.4) is 0 Å². The Morgan fingerprint density at radius 2 is 2.38 bits per heavy atom. The average molecular weight is 180 g/mol. The molecule has 2 heteroatoms. The standard InChI is InChI=1S/C11H16O2/c1-3-11(12)13-9(2)10-7-5-4-6-8-10/h4-7,9-10H,3,8H2,1-2H3. The maximum Gasteiger partial charge on any atom is 0.305 e. The number of hydrogen-bond acceptors (Lipinski definition) is 2. The van der Waals surface area contributed by atoms with Crippen molar-refractivity contribution >= 4 is 5.97 Å². The first-order valence-electron chi connectivity index (χ1n) is 4.77. The van der Waals surface area contributed by atoms with Gasteiger partial charge in [-0.3, -0.25) is 4.79 Å². The minimum absolute atomic E-state index is 0.00588. The molecule has 2 unspecified atom stereocenters. The third-order valence-electron chi connectivity index (χ3n) is 2.22. The summed E-state index contributed by atoms with van der Waals surface area (Å²) in [5.41, 5.74) is 0. The highest BCUT2D eigenvalue weighted by atomic mass is 16.5. The number of ether oxygens (including phenoxy) is 1. The highest BCUT2D eigenvalue weighted by Crippen LogP contribution is 2.18. The minimum atomic E-state index is -0.115. The molecule has 0 aromatic carbocycles. The highest BCUT2D eigenvalue weighted by molar-refractivity contribution is 5.69. The van der Waals surface area contributed by atoms with E-state index in [0.29, 0.717) is 12.3 Å². The van der Waals surface area contributed by atoms with Crippen LogP contribution in [0.15, 0.2) is 24.3 Å². The molecule has 0 fully saturated rings. The molecular formula is C11H16O2. The van der Waals surface area contributed by atoms with Crippen LogP contribution in [-0.2, 0) is 9.53 Å². The van der Waals surface area contributed by atoms with Crippen molar-refractivity contribution < 1.29 is 9.53 Å². The third-order valence-corrected chi connectivity index (χ3v) is 2.22. The summed E-state index contributed by atoms with van der Waals surface area (Å²) in [4.78, 5) is 11.0. The van der Waals surface area contributed by atoms with Gasteiger partial charge in [0, 0.05) is 12.3 Å². The summed E-state index contributed by atoms with van der Waals surface area (Å²) in [6.45, 7) is 3.76. The molecule has 0 aromatic rings. The van der Waals surface area contributed by atoms with E-state index in [1.54, 1.807) is 0 Å². The van der Waals surface area contributed by atoms with Gasteiger partial charge in [0.2, 0.25) is 0 Å². The molecule has 0 aromatic heterocycles. The highest BCUT2D eigenvalue weighted by Gasteiger charge is 2.17. The number of esters is 1. The van der Waals surface area contributed by atoms with Crippen molar-refractivity contribution in [3.63, 3.8) is 0 Å². The van der Waals surface area contributed by atoms with Gasteiger partial charge in [0.25, 0.3) is 0 Å². The van der Waals surface area contributed by atoms with E-state index in [-0.39, 0.29) is 12.1 Å². The van der Waals surface area contributed by atoms with E-state index in [9.17, 15) is 4.79 Å². The number of carbonyl (C=O) groups is 1. The molecule has 0 radical (unpaired) electrons. The van der Waals surface area contributed by atoms with Crippen LogP contribution in [0, 0.1) is 5.92 Å². The molecule has 1 rings (SSSR count). The second-order valence-electron chi connectivity index (χ2n) is 3.26. The normalized spacial score (nSPS) is 22.8. The van der Waals surface area contributed by atoms with Crippen LogP contribution < -0.4 is 0 Å². The van der Waals surface area contributed by atoms with Crippen molar-refractivity contribution in [1.29, 1.82) is 0 Å². The first kappa shape index (κ1) is 10.0. The lowest BCUT2D eigenvalue weighted by Gasteiger charge is -2.21. The van der Waals surface area contributed by atoms with Gasteiger partial charge in [0.15, 0.2) is 0 Å². The van der Waals surface area contributed by atoms with Gasteiger partial charge in [-0.05, 0) is 13.3 Å². The van der Waals surface area contributed by atoms with E-state index >= 15 is 0 Å². The van der Waals surface area contributed by atoms with Gasteiger partial charge in [0.1, 0.15) is 6.10 Å². The van der Waals surface area contributed by atoms with Crippen molar-refractivity contribution in [3.05, 3.63) is 24.3 Å². The Morgan fingerprint density at radius 3 is 2.92 bits per heavy atom. The summed E-state index contributed by atoms with van der Waals surface area (Å²) in [7, 11) is 0. The minimum Gasteiger partial charge on any atom is -0.462 e. The molecule has 0 N–H and O–H groups in total. The Balaban J connectivity index is 2.39. The Bertz CT molecular complexity index is 228. The molecule has 0 spiro atoms. The number of carbonyl (C=O) groups excluding carboxylic acids is 1. The van der Waals surface area contributed by atoms with Gasteiger partial charge in [-0.1, -0.05) is 31.2 Å². The summed E-state index contributed by atoms with van der Waals surface area (Å²) in [6, 6.07) is 0. The van der Waals surface area contributed by atoms with Crippen LogP contribution in [0.5, 0.6) is 0 Å². The summed E-state index contributed by atoms with van der Waals surface area (Å²) in [6.07, 6.45) is 9.63. The predicted molar refractivity (Wildman–Crippen MR) is 52.2 cm³/mol. The fourth-order valence-corrected chi connectivity index (χ4v) is 1.33. The maximum absolute atomic E-state index is 11.0. The Morgan fingerprint density at radius 1 is 1.62 bits per heavy atom. The van der Waals surface area contributed by atoms with Crippen LogP contribution in [0.1, 0.15) is 26.7 Å². The van der Waals surface area contributed by atoms with Crippen molar-refractivity contribution in [2.45, 2.75) is 32.8 Å². The van der Waals surface area contributed by atoms with E-state index in [1.165, 1.54) is 0 Å². The van der Waals surface area contributed by atoms with Gasteiger partial charge in [-0.15, -0.1) is 0 Å². The van der Waals surface area contributed by atoms with Gasteiger partial charge in [-0.2, -0.15) is 0 Å². The van der Waals surface area contributed by atoms with Crippen molar-refractivity contribution in [2.24, 2.45) is 5.92 Å². The molecule has 0 bridgehead atoms. The number of allylic oxidation sites excluding steroid dienone is 3. The van der Waals surface area contributed by atoms with Crippen LogP contribution >= 0.6 is 0 Å². The largest absolute Gasteiger partial charge is 0.462 e. The molecule has 1 aliphatic carbocycles. The van der Waals surface area contributed by atoms with E-state index in [1.807, 2.05) is 26.0 Å². The van der Waals surface area contributed by atoms with Gasteiger partial charge in [0.05, 0.1) is 0 Å². The van der Waals surface area contributed by atoms with Gasteiger partial charge >= 0.3 is 5.97 Å².